The van der Waals surface area contributed by atoms with Gasteiger partial charge in [-0.1, -0.05) is 26.0 Å². The summed E-state index contributed by atoms with van der Waals surface area (Å²) >= 11 is 0. The number of hydrogen-bond acceptors (Lipinski definition) is 3. The quantitative estimate of drug-likeness (QED) is 0.681. The topological polar surface area (TPSA) is 60.7 Å². The standard InChI is InChI=1S/C13H22O3/c1-9(15)4-5-12-10(8-14)6-11(16)7-13(12,2)3/h4-5,9,11,14-16H,6-8H2,1-3H3. The molecule has 2 atom stereocenters. The Balaban J connectivity index is 3.05. The average Bonchev–Trinajstić information content (AvgIpc) is 2.13. The molecular weight excluding hydrogens is 204 g/mol. The summed E-state index contributed by atoms with van der Waals surface area (Å²) in [7, 11) is 0. The normalized spacial score (nSPS) is 27.5. The van der Waals surface area contributed by atoms with E-state index in [-0.39, 0.29) is 18.1 Å². The van der Waals surface area contributed by atoms with Gasteiger partial charge in [-0.15, -0.1) is 0 Å². The summed E-state index contributed by atoms with van der Waals surface area (Å²) in [5.41, 5.74) is 1.77. The Bertz CT molecular complexity index is 300. The van der Waals surface area contributed by atoms with Crippen molar-refractivity contribution in [1.29, 1.82) is 0 Å². The molecule has 0 saturated carbocycles. The lowest BCUT2D eigenvalue weighted by Crippen LogP contribution is -2.30. The third-order valence-electron chi connectivity index (χ3n) is 3.07. The van der Waals surface area contributed by atoms with Crippen LogP contribution in [0.2, 0.25) is 0 Å². The number of hydrogen-bond donors (Lipinski definition) is 3. The van der Waals surface area contributed by atoms with Crippen LogP contribution in [0.5, 0.6) is 0 Å². The molecule has 1 aliphatic carbocycles. The van der Waals surface area contributed by atoms with Gasteiger partial charge in [-0.25, -0.2) is 0 Å². The van der Waals surface area contributed by atoms with Gasteiger partial charge in [0.1, 0.15) is 0 Å². The summed E-state index contributed by atoms with van der Waals surface area (Å²) in [6, 6.07) is 0. The second-order valence-corrected chi connectivity index (χ2v) is 5.22. The van der Waals surface area contributed by atoms with Gasteiger partial charge in [0.15, 0.2) is 0 Å². The van der Waals surface area contributed by atoms with Crippen LogP contribution in [-0.2, 0) is 0 Å². The van der Waals surface area contributed by atoms with Gasteiger partial charge >= 0.3 is 0 Å². The maximum absolute atomic E-state index is 9.72. The highest BCUT2D eigenvalue weighted by molar-refractivity contribution is 5.35. The molecule has 0 aromatic heterocycles. The zero-order valence-corrected chi connectivity index (χ0v) is 10.3. The maximum Gasteiger partial charge on any atom is 0.0695 e. The Labute approximate surface area is 97.1 Å². The number of allylic oxidation sites excluding steroid dienone is 2. The monoisotopic (exact) mass is 226 g/mol. The molecule has 3 N–H and O–H groups in total. The van der Waals surface area contributed by atoms with E-state index in [0.717, 1.165) is 11.1 Å². The molecule has 0 bridgehead atoms. The lowest BCUT2D eigenvalue weighted by molar-refractivity contribution is 0.110. The molecule has 16 heavy (non-hydrogen) atoms. The van der Waals surface area contributed by atoms with Crippen molar-refractivity contribution < 1.29 is 15.3 Å². The minimum atomic E-state index is -0.491. The van der Waals surface area contributed by atoms with Crippen molar-refractivity contribution in [1.82, 2.24) is 0 Å². The van der Waals surface area contributed by atoms with Crippen LogP contribution >= 0.6 is 0 Å². The predicted octanol–water partition coefficient (Wildman–Crippen LogP) is 1.39. The molecule has 1 rings (SSSR count). The summed E-state index contributed by atoms with van der Waals surface area (Å²) < 4.78 is 0. The number of aliphatic hydroxyl groups is 3. The van der Waals surface area contributed by atoms with E-state index in [2.05, 4.69) is 0 Å². The van der Waals surface area contributed by atoms with E-state index in [0.29, 0.717) is 12.8 Å². The molecule has 0 amide bonds. The molecule has 92 valence electrons. The van der Waals surface area contributed by atoms with Gasteiger partial charge in [0.25, 0.3) is 0 Å². The molecule has 2 unspecified atom stereocenters. The Morgan fingerprint density at radius 3 is 2.62 bits per heavy atom. The number of aliphatic hydroxyl groups excluding tert-OH is 3. The Morgan fingerprint density at radius 1 is 1.50 bits per heavy atom. The maximum atomic E-state index is 9.72. The van der Waals surface area contributed by atoms with Crippen molar-refractivity contribution in [2.45, 2.75) is 45.8 Å². The van der Waals surface area contributed by atoms with Gasteiger partial charge in [-0.2, -0.15) is 0 Å². The van der Waals surface area contributed by atoms with E-state index in [9.17, 15) is 15.3 Å². The van der Waals surface area contributed by atoms with Gasteiger partial charge in [0, 0.05) is 0 Å². The summed E-state index contributed by atoms with van der Waals surface area (Å²) in [4.78, 5) is 0. The van der Waals surface area contributed by atoms with Gasteiger partial charge < -0.3 is 15.3 Å². The molecule has 0 radical (unpaired) electrons. The number of rotatable bonds is 3. The van der Waals surface area contributed by atoms with Crippen LogP contribution in [0.25, 0.3) is 0 Å². The molecular formula is C13H22O3. The Hall–Kier alpha value is -0.640. The van der Waals surface area contributed by atoms with Crippen molar-refractivity contribution in [3.63, 3.8) is 0 Å². The predicted molar refractivity (Wildman–Crippen MR) is 64.0 cm³/mol. The van der Waals surface area contributed by atoms with Crippen molar-refractivity contribution in [2.75, 3.05) is 6.61 Å². The molecule has 0 heterocycles. The van der Waals surface area contributed by atoms with Crippen molar-refractivity contribution in [3.8, 4) is 0 Å². The van der Waals surface area contributed by atoms with E-state index in [1.807, 2.05) is 19.9 Å². The fourth-order valence-corrected chi connectivity index (χ4v) is 2.37. The van der Waals surface area contributed by atoms with E-state index >= 15 is 0 Å². The van der Waals surface area contributed by atoms with E-state index < -0.39 is 6.10 Å². The second kappa shape index (κ2) is 5.13. The first kappa shape index (κ1) is 13.4. The zero-order chi connectivity index (χ0) is 12.3. The Kier molecular flexibility index (Phi) is 4.30. The van der Waals surface area contributed by atoms with Gasteiger partial charge in [0.2, 0.25) is 0 Å². The first-order valence-corrected chi connectivity index (χ1v) is 5.74. The minimum Gasteiger partial charge on any atom is -0.393 e. The summed E-state index contributed by atoms with van der Waals surface area (Å²) in [5, 5.41) is 28.3. The van der Waals surface area contributed by atoms with Crippen molar-refractivity contribution in [2.24, 2.45) is 5.41 Å². The molecule has 0 spiro atoms. The summed E-state index contributed by atoms with van der Waals surface area (Å²) in [5.74, 6) is 0. The lowest BCUT2D eigenvalue weighted by atomic mass is 9.71. The van der Waals surface area contributed by atoms with Gasteiger partial charge in [-0.05, 0) is 36.3 Å². The lowest BCUT2D eigenvalue weighted by Gasteiger charge is -2.36. The fraction of sp³-hybridized carbons (Fsp3) is 0.692. The van der Waals surface area contributed by atoms with Crippen molar-refractivity contribution >= 4 is 0 Å². The molecule has 3 heteroatoms. The van der Waals surface area contributed by atoms with E-state index in [1.54, 1.807) is 13.0 Å². The molecule has 0 aromatic carbocycles. The highest BCUT2D eigenvalue weighted by Crippen LogP contribution is 2.40. The second-order valence-electron chi connectivity index (χ2n) is 5.22. The first-order chi connectivity index (χ1) is 7.36. The smallest absolute Gasteiger partial charge is 0.0695 e. The minimum absolute atomic E-state index is 0.0278. The highest BCUT2D eigenvalue weighted by Gasteiger charge is 2.32. The summed E-state index contributed by atoms with van der Waals surface area (Å²) in [6.07, 6.45) is 3.94. The molecule has 1 aliphatic rings. The van der Waals surface area contributed by atoms with Crippen LogP contribution in [0.1, 0.15) is 33.6 Å². The van der Waals surface area contributed by atoms with E-state index in [4.69, 9.17) is 0 Å². The Morgan fingerprint density at radius 2 is 2.12 bits per heavy atom. The molecule has 0 aromatic rings. The first-order valence-electron chi connectivity index (χ1n) is 5.74. The molecule has 0 saturated heterocycles. The molecule has 0 aliphatic heterocycles. The summed E-state index contributed by atoms with van der Waals surface area (Å²) in [6.45, 7) is 5.76. The van der Waals surface area contributed by atoms with Gasteiger partial charge in [-0.3, -0.25) is 0 Å². The van der Waals surface area contributed by atoms with Crippen LogP contribution in [0, 0.1) is 5.41 Å². The zero-order valence-electron chi connectivity index (χ0n) is 10.3. The average molecular weight is 226 g/mol. The van der Waals surface area contributed by atoms with Crippen LogP contribution in [0.3, 0.4) is 0 Å². The third kappa shape index (κ3) is 3.17. The SMILES string of the molecule is CC(O)C=CC1=C(CO)CC(O)CC1(C)C. The third-order valence-corrected chi connectivity index (χ3v) is 3.07. The van der Waals surface area contributed by atoms with Crippen LogP contribution in [-0.4, -0.2) is 34.1 Å². The van der Waals surface area contributed by atoms with Gasteiger partial charge in [0.05, 0.1) is 18.8 Å². The molecule has 0 fully saturated rings. The fourth-order valence-electron chi connectivity index (χ4n) is 2.37. The largest absolute Gasteiger partial charge is 0.393 e. The molecule has 3 nitrogen and oxygen atoms in total. The highest BCUT2D eigenvalue weighted by atomic mass is 16.3. The van der Waals surface area contributed by atoms with Crippen LogP contribution in [0.4, 0.5) is 0 Å². The van der Waals surface area contributed by atoms with Crippen LogP contribution in [0.15, 0.2) is 23.3 Å². The van der Waals surface area contributed by atoms with Crippen molar-refractivity contribution in [3.05, 3.63) is 23.3 Å². The van der Waals surface area contributed by atoms with E-state index in [1.165, 1.54) is 0 Å². The van der Waals surface area contributed by atoms with Crippen LogP contribution < -0.4 is 0 Å².